The highest BCUT2D eigenvalue weighted by atomic mass is 32.1. The van der Waals surface area contributed by atoms with Gasteiger partial charge < -0.3 is 9.80 Å². The maximum Gasteiger partial charge on any atom is 0.228 e. The molecule has 0 N–H and O–H groups in total. The second-order valence-corrected chi connectivity index (χ2v) is 8.11. The van der Waals surface area contributed by atoms with Gasteiger partial charge in [-0.25, -0.2) is 4.98 Å². The summed E-state index contributed by atoms with van der Waals surface area (Å²) in [5.41, 5.74) is 1.92. The second kappa shape index (κ2) is 7.19. The molecule has 2 atom stereocenters. The molecule has 0 spiro atoms. The van der Waals surface area contributed by atoms with Gasteiger partial charge in [-0.2, -0.15) is 0 Å². The van der Waals surface area contributed by atoms with Crippen molar-refractivity contribution in [3.05, 3.63) is 41.4 Å². The Kier molecular flexibility index (Phi) is 4.76. The summed E-state index contributed by atoms with van der Waals surface area (Å²) in [6, 6.07) is 10.2. The molecular weight excluding hydrogens is 346 g/mol. The second-order valence-electron chi connectivity index (χ2n) is 7.25. The van der Waals surface area contributed by atoms with E-state index >= 15 is 0 Å². The van der Waals surface area contributed by atoms with Crippen molar-refractivity contribution < 1.29 is 9.59 Å². The summed E-state index contributed by atoms with van der Waals surface area (Å²) in [5.74, 6) is 0.648. The Labute approximate surface area is 157 Å². The van der Waals surface area contributed by atoms with Gasteiger partial charge in [0.05, 0.1) is 12.1 Å². The van der Waals surface area contributed by atoms with E-state index in [1.165, 1.54) is 0 Å². The van der Waals surface area contributed by atoms with Gasteiger partial charge in [0.15, 0.2) is 0 Å². The topological polar surface area (TPSA) is 53.5 Å². The average molecular weight is 369 g/mol. The number of carbonyl (C=O) groups is 2. The highest BCUT2D eigenvalue weighted by Crippen LogP contribution is 2.29. The van der Waals surface area contributed by atoms with Crippen molar-refractivity contribution in [1.82, 2.24) is 14.8 Å². The van der Waals surface area contributed by atoms with Gasteiger partial charge in [0.1, 0.15) is 5.01 Å². The fraction of sp³-hybridized carbons (Fsp3) is 0.450. The molecule has 0 radical (unpaired) electrons. The van der Waals surface area contributed by atoms with E-state index in [2.05, 4.69) is 4.98 Å². The highest BCUT2D eigenvalue weighted by Gasteiger charge is 2.37. The first-order valence-electron chi connectivity index (χ1n) is 9.15. The zero-order chi connectivity index (χ0) is 18.1. The van der Waals surface area contributed by atoms with Crippen molar-refractivity contribution in [3.8, 4) is 10.6 Å². The first-order chi connectivity index (χ1) is 12.6. The zero-order valence-electron chi connectivity index (χ0n) is 14.9. The SMILES string of the molecule is CC(=O)N1CC2CCC(C1)N(C(=O)Cc1csc(-c3ccccc3)n1)C2. The largest absolute Gasteiger partial charge is 0.341 e. The summed E-state index contributed by atoms with van der Waals surface area (Å²) in [4.78, 5) is 33.3. The number of carbonyl (C=O) groups excluding carboxylic acids is 2. The van der Waals surface area contributed by atoms with Crippen molar-refractivity contribution in [2.24, 2.45) is 5.92 Å². The molecule has 2 amide bonds. The molecule has 2 unspecified atom stereocenters. The molecule has 4 heterocycles. The Bertz CT molecular complexity index is 804. The van der Waals surface area contributed by atoms with Crippen LogP contribution in [-0.4, -0.2) is 52.3 Å². The Morgan fingerprint density at radius 2 is 1.96 bits per heavy atom. The van der Waals surface area contributed by atoms with Crippen molar-refractivity contribution >= 4 is 23.2 Å². The molecule has 1 aromatic carbocycles. The van der Waals surface area contributed by atoms with Crippen molar-refractivity contribution in [2.75, 3.05) is 19.6 Å². The van der Waals surface area contributed by atoms with Gasteiger partial charge in [-0.15, -0.1) is 11.3 Å². The molecule has 0 aliphatic carbocycles. The monoisotopic (exact) mass is 369 g/mol. The predicted octanol–water partition coefficient (Wildman–Crippen LogP) is 2.82. The van der Waals surface area contributed by atoms with Crippen LogP contribution in [0.2, 0.25) is 0 Å². The Morgan fingerprint density at radius 3 is 2.73 bits per heavy atom. The lowest BCUT2D eigenvalue weighted by molar-refractivity contribution is -0.135. The smallest absolute Gasteiger partial charge is 0.228 e. The molecule has 136 valence electrons. The van der Waals surface area contributed by atoms with Crippen LogP contribution in [0.3, 0.4) is 0 Å². The fourth-order valence-corrected chi connectivity index (χ4v) is 4.83. The van der Waals surface area contributed by atoms with E-state index in [9.17, 15) is 9.59 Å². The Balaban J connectivity index is 1.45. The van der Waals surface area contributed by atoms with Gasteiger partial charge in [-0.05, 0) is 18.8 Å². The molecule has 2 bridgehead atoms. The summed E-state index contributed by atoms with van der Waals surface area (Å²) in [6.45, 7) is 3.84. The van der Waals surface area contributed by atoms with Crippen molar-refractivity contribution in [3.63, 3.8) is 0 Å². The Morgan fingerprint density at radius 1 is 1.15 bits per heavy atom. The molecule has 3 aliphatic rings. The van der Waals surface area contributed by atoms with Crippen LogP contribution in [0, 0.1) is 5.92 Å². The third-order valence-corrected chi connectivity index (χ3v) is 6.32. The first-order valence-corrected chi connectivity index (χ1v) is 10.0. The summed E-state index contributed by atoms with van der Waals surface area (Å²) < 4.78 is 0. The quantitative estimate of drug-likeness (QED) is 0.836. The van der Waals surface area contributed by atoms with Crippen LogP contribution in [0.15, 0.2) is 35.7 Å². The van der Waals surface area contributed by atoms with E-state index < -0.39 is 0 Å². The molecule has 0 saturated carbocycles. The van der Waals surface area contributed by atoms with Crippen LogP contribution in [0.4, 0.5) is 0 Å². The summed E-state index contributed by atoms with van der Waals surface area (Å²) in [5, 5.41) is 2.94. The lowest BCUT2D eigenvalue weighted by Crippen LogP contribution is -2.48. The van der Waals surface area contributed by atoms with Gasteiger partial charge in [0, 0.05) is 43.5 Å². The number of hydrogen-bond donors (Lipinski definition) is 0. The lowest BCUT2D eigenvalue weighted by atomic mass is 9.94. The number of hydrogen-bond acceptors (Lipinski definition) is 4. The minimum atomic E-state index is 0.114. The van der Waals surface area contributed by atoms with Crippen LogP contribution < -0.4 is 0 Å². The third-order valence-electron chi connectivity index (χ3n) is 5.38. The van der Waals surface area contributed by atoms with Gasteiger partial charge in [-0.1, -0.05) is 30.3 Å². The molecule has 5 nitrogen and oxygen atoms in total. The number of aromatic nitrogens is 1. The minimum Gasteiger partial charge on any atom is -0.341 e. The van der Waals surface area contributed by atoms with E-state index in [4.69, 9.17) is 0 Å². The van der Waals surface area contributed by atoms with Gasteiger partial charge >= 0.3 is 0 Å². The molecule has 6 heteroatoms. The molecule has 1 aromatic heterocycles. The number of benzene rings is 1. The molecule has 2 aromatic rings. The summed E-state index contributed by atoms with van der Waals surface area (Å²) in [7, 11) is 0. The number of rotatable bonds is 3. The molecule has 26 heavy (non-hydrogen) atoms. The summed E-state index contributed by atoms with van der Waals surface area (Å²) >= 11 is 1.58. The van der Waals surface area contributed by atoms with Gasteiger partial charge in [0.25, 0.3) is 0 Å². The number of thiazole rings is 1. The van der Waals surface area contributed by atoms with Crippen LogP contribution in [-0.2, 0) is 16.0 Å². The van der Waals surface area contributed by atoms with Crippen molar-refractivity contribution in [2.45, 2.75) is 32.2 Å². The number of amides is 2. The normalized spacial score (nSPS) is 22.3. The van der Waals surface area contributed by atoms with E-state index in [1.807, 2.05) is 45.5 Å². The molecular formula is C20H23N3O2S. The lowest BCUT2D eigenvalue weighted by Gasteiger charge is -2.36. The minimum absolute atomic E-state index is 0.114. The molecule has 3 fully saturated rings. The third kappa shape index (κ3) is 3.51. The van der Waals surface area contributed by atoms with Crippen LogP contribution in [0.25, 0.3) is 10.6 Å². The van der Waals surface area contributed by atoms with E-state index in [1.54, 1.807) is 18.3 Å². The fourth-order valence-electron chi connectivity index (χ4n) is 4.00. The van der Waals surface area contributed by atoms with Crippen LogP contribution in [0.5, 0.6) is 0 Å². The molecule has 5 rings (SSSR count). The average Bonchev–Trinajstić information content (AvgIpc) is 2.90. The van der Waals surface area contributed by atoms with E-state index in [0.29, 0.717) is 18.9 Å². The maximum atomic E-state index is 12.9. The number of piperidine rings is 1. The standard InChI is InChI=1S/C20H23N3O2S/c1-14(24)22-10-15-7-8-18(12-22)23(11-15)19(25)9-17-13-26-20(21-17)16-5-3-2-4-6-16/h2-6,13,15,18H,7-12H2,1H3. The number of nitrogens with zero attached hydrogens (tertiary/aromatic N) is 3. The van der Waals surface area contributed by atoms with Gasteiger partial charge in [-0.3, -0.25) is 9.59 Å². The van der Waals surface area contributed by atoms with E-state index in [0.717, 1.165) is 42.2 Å². The van der Waals surface area contributed by atoms with E-state index in [-0.39, 0.29) is 17.9 Å². The number of fused-ring (bicyclic) bond motifs is 4. The first kappa shape index (κ1) is 17.2. The van der Waals surface area contributed by atoms with Crippen LogP contribution in [0.1, 0.15) is 25.5 Å². The maximum absolute atomic E-state index is 12.9. The summed E-state index contributed by atoms with van der Waals surface area (Å²) in [6.07, 6.45) is 2.44. The zero-order valence-corrected chi connectivity index (χ0v) is 15.7. The molecule has 3 aliphatic heterocycles. The highest BCUT2D eigenvalue weighted by molar-refractivity contribution is 7.13. The van der Waals surface area contributed by atoms with Crippen molar-refractivity contribution in [1.29, 1.82) is 0 Å². The van der Waals surface area contributed by atoms with Crippen LogP contribution >= 0.6 is 11.3 Å². The predicted molar refractivity (Wildman–Crippen MR) is 102 cm³/mol. The molecule has 3 saturated heterocycles. The Hall–Kier alpha value is -2.21. The van der Waals surface area contributed by atoms with Gasteiger partial charge in [0.2, 0.25) is 11.8 Å².